The summed E-state index contributed by atoms with van der Waals surface area (Å²) in [5.41, 5.74) is 1.86. The molecule has 8 nitrogen and oxygen atoms in total. The molecular weight excluding hydrogens is 272 g/mol. The largest absolute Gasteiger partial charge is 0.467 e. The van der Waals surface area contributed by atoms with Crippen molar-refractivity contribution in [3.8, 4) is 6.01 Å². The van der Waals surface area contributed by atoms with E-state index in [9.17, 15) is 0 Å². The van der Waals surface area contributed by atoms with Crippen molar-refractivity contribution in [2.45, 2.75) is 18.6 Å². The van der Waals surface area contributed by atoms with Crippen LogP contribution < -0.4 is 4.74 Å². The van der Waals surface area contributed by atoms with E-state index in [1.165, 1.54) is 0 Å². The van der Waals surface area contributed by atoms with Gasteiger partial charge in [-0.1, -0.05) is 0 Å². The summed E-state index contributed by atoms with van der Waals surface area (Å²) in [4.78, 5) is 10.7. The average Bonchev–Trinajstić information content (AvgIpc) is 3.16. The fraction of sp³-hybridized carbons (Fsp3) is 0.538. The second-order valence-electron chi connectivity index (χ2n) is 5.00. The van der Waals surface area contributed by atoms with Gasteiger partial charge >= 0.3 is 6.01 Å². The van der Waals surface area contributed by atoms with Crippen LogP contribution in [0.5, 0.6) is 6.01 Å². The van der Waals surface area contributed by atoms with E-state index in [0.717, 1.165) is 31.0 Å². The molecule has 1 aliphatic rings. The first-order chi connectivity index (χ1) is 10.3. The fourth-order valence-corrected chi connectivity index (χ4v) is 2.68. The van der Waals surface area contributed by atoms with E-state index in [-0.39, 0.29) is 12.0 Å². The summed E-state index contributed by atoms with van der Waals surface area (Å²) in [5.74, 6) is 0.220. The number of H-pyrrole nitrogens is 1. The number of nitrogens with one attached hydrogen (secondary N) is 1. The Labute approximate surface area is 122 Å². The van der Waals surface area contributed by atoms with Gasteiger partial charge in [0.2, 0.25) is 0 Å². The van der Waals surface area contributed by atoms with Crippen molar-refractivity contribution in [3.63, 3.8) is 0 Å². The third-order valence-corrected chi connectivity index (χ3v) is 3.72. The molecule has 0 aliphatic carbocycles. The highest BCUT2D eigenvalue weighted by Gasteiger charge is 2.35. The van der Waals surface area contributed by atoms with Gasteiger partial charge in [-0.2, -0.15) is 20.4 Å². The summed E-state index contributed by atoms with van der Waals surface area (Å²) in [6, 6.07) is 2.29. The van der Waals surface area contributed by atoms with Crippen molar-refractivity contribution in [2.75, 3.05) is 27.3 Å². The second kappa shape index (κ2) is 6.15. The molecule has 0 spiro atoms. The van der Waals surface area contributed by atoms with E-state index in [4.69, 9.17) is 9.47 Å². The highest BCUT2D eigenvalue weighted by Crippen LogP contribution is 2.28. The predicted molar refractivity (Wildman–Crippen MR) is 73.8 cm³/mol. The summed E-state index contributed by atoms with van der Waals surface area (Å²) >= 11 is 0. The molecule has 0 bridgehead atoms. The van der Waals surface area contributed by atoms with Crippen LogP contribution in [-0.4, -0.2) is 63.7 Å². The van der Waals surface area contributed by atoms with Crippen LogP contribution in [0.1, 0.15) is 17.3 Å². The maximum Gasteiger partial charge on any atom is 0.316 e. The molecule has 1 aliphatic heterocycles. The Hall–Kier alpha value is -2.06. The molecule has 2 aromatic heterocycles. The molecule has 1 N–H and O–H groups in total. The minimum atomic E-state index is 0.110. The van der Waals surface area contributed by atoms with Crippen LogP contribution >= 0.6 is 0 Å². The van der Waals surface area contributed by atoms with Crippen molar-refractivity contribution in [1.82, 2.24) is 30.3 Å². The first kappa shape index (κ1) is 13.9. The smallest absolute Gasteiger partial charge is 0.316 e. The summed E-state index contributed by atoms with van der Waals surface area (Å²) in [5, 5.41) is 10.7. The number of methoxy groups -OCH3 is 2. The zero-order valence-electron chi connectivity index (χ0n) is 12.1. The van der Waals surface area contributed by atoms with Gasteiger partial charge in [0.1, 0.15) is 0 Å². The Morgan fingerprint density at radius 3 is 3.00 bits per heavy atom. The predicted octanol–water partition coefficient (Wildman–Crippen LogP) is 0.218. The minimum absolute atomic E-state index is 0.110. The Morgan fingerprint density at radius 1 is 1.38 bits per heavy atom. The number of ether oxygens (including phenoxy) is 2. The normalized spacial score (nSPS) is 22.6. The van der Waals surface area contributed by atoms with Crippen molar-refractivity contribution >= 4 is 0 Å². The lowest BCUT2D eigenvalue weighted by atomic mass is 10.0. The molecule has 3 heterocycles. The van der Waals surface area contributed by atoms with Gasteiger partial charge in [-0.25, -0.2) is 4.98 Å². The van der Waals surface area contributed by atoms with Gasteiger partial charge in [0.05, 0.1) is 30.8 Å². The van der Waals surface area contributed by atoms with Crippen LogP contribution in [0.4, 0.5) is 0 Å². The molecule has 2 aromatic rings. The number of aromatic amines is 1. The standard InChI is InChI=1S/C13H18N6O2/c1-20-12-8-19(7-10(12)11-5-15-18-17-11)6-9-3-4-14-13(16-9)21-2/h3-5,10,12H,6-8H2,1-2H3,(H,15,17,18)/t10-,12+/m0/s1. The Morgan fingerprint density at radius 2 is 2.29 bits per heavy atom. The quantitative estimate of drug-likeness (QED) is 0.842. The van der Waals surface area contributed by atoms with Gasteiger partial charge in [-0.05, 0) is 6.07 Å². The van der Waals surface area contributed by atoms with Gasteiger partial charge in [0.15, 0.2) is 0 Å². The van der Waals surface area contributed by atoms with Gasteiger partial charge in [0.25, 0.3) is 0 Å². The zero-order chi connectivity index (χ0) is 14.7. The molecule has 1 saturated heterocycles. The van der Waals surface area contributed by atoms with Crippen molar-refractivity contribution in [1.29, 1.82) is 0 Å². The molecule has 0 unspecified atom stereocenters. The number of nitrogens with zero attached hydrogens (tertiary/aromatic N) is 5. The molecular formula is C13H18N6O2. The Kier molecular flexibility index (Phi) is 4.07. The first-order valence-corrected chi connectivity index (χ1v) is 6.77. The maximum absolute atomic E-state index is 5.58. The van der Waals surface area contributed by atoms with Crippen molar-refractivity contribution in [2.24, 2.45) is 0 Å². The van der Waals surface area contributed by atoms with E-state index in [0.29, 0.717) is 6.01 Å². The third kappa shape index (κ3) is 3.01. The lowest BCUT2D eigenvalue weighted by Gasteiger charge is -2.14. The van der Waals surface area contributed by atoms with E-state index in [1.807, 2.05) is 6.07 Å². The average molecular weight is 290 g/mol. The van der Waals surface area contributed by atoms with Gasteiger partial charge in [0, 0.05) is 38.9 Å². The third-order valence-electron chi connectivity index (χ3n) is 3.72. The lowest BCUT2D eigenvalue weighted by molar-refractivity contribution is 0.0956. The summed E-state index contributed by atoms with van der Waals surface area (Å²) in [7, 11) is 3.30. The van der Waals surface area contributed by atoms with Crippen LogP contribution in [0.2, 0.25) is 0 Å². The monoisotopic (exact) mass is 290 g/mol. The summed E-state index contributed by atoms with van der Waals surface area (Å²) in [6.45, 7) is 2.42. The van der Waals surface area contributed by atoms with Gasteiger partial charge in [-0.15, -0.1) is 0 Å². The minimum Gasteiger partial charge on any atom is -0.467 e. The van der Waals surface area contributed by atoms with E-state index in [2.05, 4.69) is 30.3 Å². The number of aromatic nitrogens is 5. The lowest BCUT2D eigenvalue weighted by Crippen LogP contribution is -2.23. The molecule has 0 aromatic carbocycles. The highest BCUT2D eigenvalue weighted by molar-refractivity contribution is 5.11. The highest BCUT2D eigenvalue weighted by atomic mass is 16.5. The van der Waals surface area contributed by atoms with Gasteiger partial charge in [-0.3, -0.25) is 4.90 Å². The maximum atomic E-state index is 5.58. The number of likely N-dealkylation sites (tertiary alicyclic amines) is 1. The van der Waals surface area contributed by atoms with Crippen LogP contribution in [-0.2, 0) is 11.3 Å². The molecule has 0 saturated carbocycles. The van der Waals surface area contributed by atoms with E-state index < -0.39 is 0 Å². The van der Waals surface area contributed by atoms with Crippen molar-refractivity contribution < 1.29 is 9.47 Å². The number of hydrogen-bond acceptors (Lipinski definition) is 7. The molecule has 0 amide bonds. The molecule has 2 atom stereocenters. The fourth-order valence-electron chi connectivity index (χ4n) is 2.68. The first-order valence-electron chi connectivity index (χ1n) is 6.77. The molecule has 0 radical (unpaired) electrons. The molecule has 3 rings (SSSR count). The van der Waals surface area contributed by atoms with Crippen molar-refractivity contribution in [3.05, 3.63) is 29.8 Å². The van der Waals surface area contributed by atoms with E-state index >= 15 is 0 Å². The number of rotatable bonds is 5. The van der Waals surface area contributed by atoms with Crippen LogP contribution in [0, 0.1) is 0 Å². The number of hydrogen-bond donors (Lipinski definition) is 1. The van der Waals surface area contributed by atoms with Crippen LogP contribution in [0.25, 0.3) is 0 Å². The molecule has 1 fully saturated rings. The Bertz CT molecular complexity index is 576. The zero-order valence-corrected chi connectivity index (χ0v) is 12.1. The Balaban J connectivity index is 1.70. The SMILES string of the molecule is COc1nccc(CN2C[C@@H](OC)[C@H](c3cn[nH]n3)C2)n1. The second-order valence-corrected chi connectivity index (χ2v) is 5.00. The molecule has 112 valence electrons. The molecule has 21 heavy (non-hydrogen) atoms. The summed E-state index contributed by atoms with van der Waals surface area (Å²) < 4.78 is 10.6. The molecule has 8 heteroatoms. The van der Waals surface area contributed by atoms with Crippen LogP contribution in [0.15, 0.2) is 18.5 Å². The van der Waals surface area contributed by atoms with Crippen LogP contribution in [0.3, 0.4) is 0 Å². The van der Waals surface area contributed by atoms with E-state index in [1.54, 1.807) is 26.6 Å². The summed E-state index contributed by atoms with van der Waals surface area (Å²) in [6.07, 6.45) is 3.58. The van der Waals surface area contributed by atoms with Gasteiger partial charge < -0.3 is 9.47 Å². The topological polar surface area (TPSA) is 89.0 Å².